The Balaban J connectivity index is 2.06. The summed E-state index contributed by atoms with van der Waals surface area (Å²) in [6.45, 7) is 1.26. The Morgan fingerprint density at radius 1 is 1.05 bits per heavy atom. The van der Waals surface area contributed by atoms with E-state index in [0.717, 1.165) is 5.56 Å². The number of hydrogen-bond donors (Lipinski definition) is 1. The summed E-state index contributed by atoms with van der Waals surface area (Å²) in [6, 6.07) is 11.7. The van der Waals surface area contributed by atoms with E-state index in [1.54, 1.807) is 12.1 Å². The highest BCUT2D eigenvalue weighted by atomic mass is 32.2. The third-order valence-corrected chi connectivity index (χ3v) is 4.12. The van der Waals surface area contributed by atoms with Gasteiger partial charge in [-0.1, -0.05) is 17.7 Å². The van der Waals surface area contributed by atoms with E-state index in [1.807, 2.05) is 6.92 Å². The van der Waals surface area contributed by atoms with Gasteiger partial charge < -0.3 is 5.11 Å². The number of carbonyl (C=O) groups excluding carboxylic acids is 1. The highest BCUT2D eigenvalue weighted by Crippen LogP contribution is 2.15. The maximum atomic E-state index is 11.9. The van der Waals surface area contributed by atoms with Crippen LogP contribution in [0.1, 0.15) is 15.9 Å². The van der Waals surface area contributed by atoms with Crippen molar-refractivity contribution in [3.63, 3.8) is 0 Å². The molecule has 0 fully saturated rings. The summed E-state index contributed by atoms with van der Waals surface area (Å²) in [5, 5.41) is 9.13. The van der Waals surface area contributed by atoms with Crippen LogP contribution in [0.3, 0.4) is 0 Å². The number of Topliss-reactive ketones (excluding diaryl/α,β-unsaturated/α-hetero) is 1. The minimum absolute atomic E-state index is 0.00612. The molecule has 5 nitrogen and oxygen atoms in total. The lowest BCUT2D eigenvalue weighted by Crippen LogP contribution is -2.14. The van der Waals surface area contributed by atoms with Gasteiger partial charge in [-0.15, -0.1) is 0 Å². The average Bonchev–Trinajstić information content (AvgIpc) is 2.46. The molecule has 0 aromatic heterocycles. The second-order valence-corrected chi connectivity index (χ2v) is 6.11. The third-order valence-electron chi connectivity index (χ3n) is 2.84. The Labute approximate surface area is 122 Å². The summed E-state index contributed by atoms with van der Waals surface area (Å²) < 4.78 is 28.6. The zero-order valence-corrected chi connectivity index (χ0v) is 12.1. The molecule has 0 aliphatic heterocycles. The Morgan fingerprint density at radius 2 is 1.62 bits per heavy atom. The van der Waals surface area contributed by atoms with Gasteiger partial charge in [-0.25, -0.2) is 0 Å². The van der Waals surface area contributed by atoms with E-state index in [2.05, 4.69) is 0 Å². The number of carbonyl (C=O) groups is 1. The van der Waals surface area contributed by atoms with Crippen molar-refractivity contribution in [2.45, 2.75) is 11.8 Å². The highest BCUT2D eigenvalue weighted by Gasteiger charge is 2.17. The second-order valence-electron chi connectivity index (χ2n) is 4.50. The van der Waals surface area contributed by atoms with E-state index >= 15 is 0 Å². The van der Waals surface area contributed by atoms with E-state index in [4.69, 9.17) is 9.29 Å². The standard InChI is InChI=1S/C15H14O5S/c1-11-2-8-14(9-3-11)21(18,19)20-10-15(17)12-4-6-13(16)7-5-12/h2-9,16H,10H2,1H3. The van der Waals surface area contributed by atoms with Gasteiger partial charge >= 0.3 is 0 Å². The molecule has 1 N–H and O–H groups in total. The van der Waals surface area contributed by atoms with Gasteiger partial charge in [-0.05, 0) is 43.3 Å². The van der Waals surface area contributed by atoms with E-state index in [1.165, 1.54) is 36.4 Å². The first-order valence-electron chi connectivity index (χ1n) is 6.17. The van der Waals surface area contributed by atoms with E-state index in [0.29, 0.717) is 0 Å². The molecule has 0 radical (unpaired) electrons. The van der Waals surface area contributed by atoms with Crippen molar-refractivity contribution in [1.82, 2.24) is 0 Å². The molecule has 0 aliphatic rings. The van der Waals surface area contributed by atoms with E-state index < -0.39 is 22.5 Å². The molecule has 0 atom stereocenters. The third kappa shape index (κ3) is 3.90. The van der Waals surface area contributed by atoms with Gasteiger partial charge in [0.15, 0.2) is 5.78 Å². The summed E-state index contributed by atoms with van der Waals surface area (Å²) in [4.78, 5) is 11.8. The summed E-state index contributed by atoms with van der Waals surface area (Å²) in [6.07, 6.45) is 0. The fourth-order valence-electron chi connectivity index (χ4n) is 1.63. The van der Waals surface area contributed by atoms with Crippen molar-refractivity contribution in [2.24, 2.45) is 0 Å². The molecule has 2 aromatic rings. The molecule has 2 aromatic carbocycles. The van der Waals surface area contributed by atoms with Crippen LogP contribution in [0.25, 0.3) is 0 Å². The first-order valence-corrected chi connectivity index (χ1v) is 7.58. The fourth-order valence-corrected chi connectivity index (χ4v) is 2.50. The molecule has 0 amide bonds. The molecule has 0 heterocycles. The van der Waals surface area contributed by atoms with Crippen LogP contribution >= 0.6 is 0 Å². The number of aromatic hydroxyl groups is 1. The largest absolute Gasteiger partial charge is 0.508 e. The van der Waals surface area contributed by atoms with Crippen LogP contribution in [-0.4, -0.2) is 25.9 Å². The first-order chi connectivity index (χ1) is 9.88. The number of hydrogen-bond acceptors (Lipinski definition) is 5. The van der Waals surface area contributed by atoms with Crippen LogP contribution in [-0.2, 0) is 14.3 Å². The van der Waals surface area contributed by atoms with Crippen molar-refractivity contribution < 1.29 is 22.5 Å². The Kier molecular flexibility index (Phi) is 4.40. The van der Waals surface area contributed by atoms with E-state index in [-0.39, 0.29) is 16.2 Å². The molecule has 110 valence electrons. The fraction of sp³-hybridized carbons (Fsp3) is 0.133. The minimum atomic E-state index is -3.96. The predicted molar refractivity (Wildman–Crippen MR) is 76.8 cm³/mol. The molecule has 0 aliphatic carbocycles. The van der Waals surface area contributed by atoms with Gasteiger partial charge in [0.25, 0.3) is 10.1 Å². The van der Waals surface area contributed by atoms with E-state index in [9.17, 15) is 13.2 Å². The second kappa shape index (κ2) is 6.07. The molecule has 0 unspecified atom stereocenters. The smallest absolute Gasteiger partial charge is 0.297 e. The average molecular weight is 306 g/mol. The lowest BCUT2D eigenvalue weighted by molar-refractivity contribution is 0.0924. The number of phenolic OH excluding ortho intramolecular Hbond substituents is 1. The van der Waals surface area contributed by atoms with Crippen LogP contribution in [0.5, 0.6) is 5.75 Å². The van der Waals surface area contributed by atoms with Gasteiger partial charge in [0.1, 0.15) is 12.4 Å². The van der Waals surface area contributed by atoms with Crippen molar-refractivity contribution in [3.8, 4) is 5.75 Å². The summed E-state index contributed by atoms with van der Waals surface area (Å²) >= 11 is 0. The maximum Gasteiger partial charge on any atom is 0.297 e. The zero-order chi connectivity index (χ0) is 15.5. The molecule has 0 spiro atoms. The molecular weight excluding hydrogens is 292 g/mol. The quantitative estimate of drug-likeness (QED) is 0.677. The lowest BCUT2D eigenvalue weighted by Gasteiger charge is -2.05. The number of ketones is 1. The number of rotatable bonds is 5. The molecule has 0 saturated carbocycles. The van der Waals surface area contributed by atoms with Crippen molar-refractivity contribution in [1.29, 1.82) is 0 Å². The van der Waals surface area contributed by atoms with Crippen LogP contribution in [0.4, 0.5) is 0 Å². The van der Waals surface area contributed by atoms with Crippen molar-refractivity contribution in [3.05, 3.63) is 59.7 Å². The normalized spacial score (nSPS) is 11.3. The molecule has 21 heavy (non-hydrogen) atoms. The Bertz CT molecular complexity index is 731. The SMILES string of the molecule is Cc1ccc(S(=O)(=O)OCC(=O)c2ccc(O)cc2)cc1. The van der Waals surface area contributed by atoms with Crippen molar-refractivity contribution >= 4 is 15.9 Å². The van der Waals surface area contributed by atoms with Crippen LogP contribution in [0.2, 0.25) is 0 Å². The van der Waals surface area contributed by atoms with Gasteiger partial charge in [0.2, 0.25) is 0 Å². The number of phenols is 1. The molecule has 6 heteroatoms. The van der Waals surface area contributed by atoms with Gasteiger partial charge in [-0.2, -0.15) is 8.42 Å². The molecule has 0 saturated heterocycles. The van der Waals surface area contributed by atoms with Gasteiger partial charge in [0, 0.05) is 5.56 Å². The monoisotopic (exact) mass is 306 g/mol. The number of aryl methyl sites for hydroxylation is 1. The van der Waals surface area contributed by atoms with Crippen LogP contribution in [0.15, 0.2) is 53.4 Å². The molecular formula is C15H14O5S. The zero-order valence-electron chi connectivity index (χ0n) is 11.3. The Morgan fingerprint density at radius 3 is 2.19 bits per heavy atom. The van der Waals surface area contributed by atoms with Crippen LogP contribution in [0, 0.1) is 6.92 Å². The van der Waals surface area contributed by atoms with Gasteiger partial charge in [-0.3, -0.25) is 8.98 Å². The number of benzene rings is 2. The summed E-state index contributed by atoms with van der Waals surface area (Å²) in [5.41, 5.74) is 1.20. The highest BCUT2D eigenvalue weighted by molar-refractivity contribution is 7.86. The predicted octanol–water partition coefficient (Wildman–Crippen LogP) is 2.29. The molecule has 2 rings (SSSR count). The summed E-state index contributed by atoms with van der Waals surface area (Å²) in [7, 11) is -3.96. The first kappa shape index (κ1) is 15.2. The van der Waals surface area contributed by atoms with Crippen LogP contribution < -0.4 is 0 Å². The molecule has 0 bridgehead atoms. The minimum Gasteiger partial charge on any atom is -0.508 e. The maximum absolute atomic E-state index is 11.9. The summed E-state index contributed by atoms with van der Waals surface area (Å²) in [5.74, 6) is -0.453. The topological polar surface area (TPSA) is 80.7 Å². The van der Waals surface area contributed by atoms with Gasteiger partial charge in [0.05, 0.1) is 4.90 Å². The Hall–Kier alpha value is -2.18. The lowest BCUT2D eigenvalue weighted by atomic mass is 10.1. The van der Waals surface area contributed by atoms with Crippen molar-refractivity contribution in [2.75, 3.05) is 6.61 Å².